The van der Waals surface area contributed by atoms with E-state index in [0.717, 1.165) is 12.0 Å². The van der Waals surface area contributed by atoms with Crippen molar-refractivity contribution < 1.29 is 0 Å². The van der Waals surface area contributed by atoms with Crippen molar-refractivity contribution >= 4 is 0 Å². The Kier molecular flexibility index (Phi) is 4.45. The third kappa shape index (κ3) is 3.18. The molecule has 1 N–H and O–H groups in total. The molecule has 0 aromatic carbocycles. The highest BCUT2D eigenvalue weighted by atomic mass is 15.2. The van der Waals surface area contributed by atoms with E-state index in [-0.39, 0.29) is 0 Å². The van der Waals surface area contributed by atoms with E-state index in [4.69, 9.17) is 0 Å². The van der Waals surface area contributed by atoms with Crippen LogP contribution >= 0.6 is 0 Å². The van der Waals surface area contributed by atoms with Gasteiger partial charge in [-0.25, -0.2) is 0 Å². The van der Waals surface area contributed by atoms with Crippen LogP contribution in [0.4, 0.5) is 0 Å². The maximum atomic E-state index is 3.28. The van der Waals surface area contributed by atoms with Crippen LogP contribution in [0.5, 0.6) is 0 Å². The van der Waals surface area contributed by atoms with Gasteiger partial charge in [-0.3, -0.25) is 0 Å². The topological polar surface area (TPSA) is 15.3 Å². The first kappa shape index (κ1) is 11.4. The number of piperidine rings is 1. The number of hydrogen-bond donors (Lipinski definition) is 1. The Bertz CT molecular complexity index is 175. The molecule has 1 aliphatic carbocycles. The van der Waals surface area contributed by atoms with Gasteiger partial charge in [0.25, 0.3) is 0 Å². The zero-order chi connectivity index (χ0) is 10.5. The molecular weight excluding hydrogens is 184 g/mol. The predicted molar refractivity (Wildman–Crippen MR) is 65.1 cm³/mol. The largest absolute Gasteiger partial charge is 0.320 e. The molecule has 0 aromatic heterocycles. The van der Waals surface area contributed by atoms with E-state index in [1.807, 2.05) is 0 Å². The molecule has 15 heavy (non-hydrogen) atoms. The Morgan fingerprint density at radius 1 is 1.13 bits per heavy atom. The molecule has 1 heterocycles. The fourth-order valence-electron chi connectivity index (χ4n) is 3.28. The first-order valence-electron chi connectivity index (χ1n) is 6.79. The SMILES string of the molecule is CNCCC1CCCN(C2CCCC2)C1. The number of nitrogens with one attached hydrogen (secondary N) is 1. The van der Waals surface area contributed by atoms with Crippen LogP contribution in [0.3, 0.4) is 0 Å². The van der Waals surface area contributed by atoms with Crippen LogP contribution < -0.4 is 5.32 Å². The van der Waals surface area contributed by atoms with Gasteiger partial charge in [-0.15, -0.1) is 0 Å². The summed E-state index contributed by atoms with van der Waals surface area (Å²) in [7, 11) is 2.07. The summed E-state index contributed by atoms with van der Waals surface area (Å²) in [5.41, 5.74) is 0. The van der Waals surface area contributed by atoms with Gasteiger partial charge in [-0.2, -0.15) is 0 Å². The van der Waals surface area contributed by atoms with Crippen molar-refractivity contribution in [3.05, 3.63) is 0 Å². The predicted octanol–water partition coefficient (Wildman–Crippen LogP) is 2.25. The maximum Gasteiger partial charge on any atom is 0.00953 e. The van der Waals surface area contributed by atoms with Crippen molar-refractivity contribution in [2.75, 3.05) is 26.7 Å². The molecule has 0 amide bonds. The Labute approximate surface area is 94.4 Å². The molecule has 0 bridgehead atoms. The van der Waals surface area contributed by atoms with Gasteiger partial charge in [0.2, 0.25) is 0 Å². The molecule has 1 saturated heterocycles. The monoisotopic (exact) mass is 210 g/mol. The highest BCUT2D eigenvalue weighted by molar-refractivity contribution is 4.82. The maximum absolute atomic E-state index is 3.28. The molecule has 2 fully saturated rings. The molecule has 88 valence electrons. The van der Waals surface area contributed by atoms with E-state index in [1.54, 1.807) is 0 Å². The fourth-order valence-corrected chi connectivity index (χ4v) is 3.28. The molecule has 0 aromatic rings. The summed E-state index contributed by atoms with van der Waals surface area (Å²) in [6.07, 6.45) is 10.2. The lowest BCUT2D eigenvalue weighted by Gasteiger charge is -2.36. The quantitative estimate of drug-likeness (QED) is 0.765. The minimum Gasteiger partial charge on any atom is -0.320 e. The Morgan fingerprint density at radius 3 is 2.67 bits per heavy atom. The minimum atomic E-state index is 0.947. The van der Waals surface area contributed by atoms with Gasteiger partial charge in [-0.05, 0) is 58.2 Å². The summed E-state index contributed by atoms with van der Waals surface area (Å²) in [6.45, 7) is 3.95. The lowest BCUT2D eigenvalue weighted by atomic mass is 9.93. The number of hydrogen-bond acceptors (Lipinski definition) is 2. The van der Waals surface area contributed by atoms with Crippen LogP contribution in [0.2, 0.25) is 0 Å². The lowest BCUT2D eigenvalue weighted by molar-refractivity contribution is 0.121. The standard InChI is InChI=1S/C13H26N2/c1-14-9-8-12-5-4-10-15(11-12)13-6-2-3-7-13/h12-14H,2-11H2,1H3. The highest BCUT2D eigenvalue weighted by Crippen LogP contribution is 2.28. The lowest BCUT2D eigenvalue weighted by Crippen LogP contribution is -2.42. The number of nitrogens with zero attached hydrogens (tertiary/aromatic N) is 1. The summed E-state index contributed by atoms with van der Waals surface area (Å²) in [6, 6.07) is 0.947. The first-order chi connectivity index (χ1) is 7.40. The van der Waals surface area contributed by atoms with E-state index < -0.39 is 0 Å². The molecule has 2 aliphatic rings. The van der Waals surface area contributed by atoms with E-state index in [1.165, 1.54) is 64.6 Å². The van der Waals surface area contributed by atoms with Gasteiger partial charge in [0.15, 0.2) is 0 Å². The van der Waals surface area contributed by atoms with Crippen molar-refractivity contribution in [2.24, 2.45) is 5.92 Å². The van der Waals surface area contributed by atoms with Crippen molar-refractivity contribution in [1.82, 2.24) is 10.2 Å². The summed E-state index contributed by atoms with van der Waals surface area (Å²) in [4.78, 5) is 2.79. The Hall–Kier alpha value is -0.0800. The van der Waals surface area contributed by atoms with Gasteiger partial charge in [-0.1, -0.05) is 12.8 Å². The summed E-state index contributed by atoms with van der Waals surface area (Å²) < 4.78 is 0. The van der Waals surface area contributed by atoms with Gasteiger partial charge in [0.1, 0.15) is 0 Å². The molecular formula is C13H26N2. The average molecular weight is 210 g/mol. The molecule has 1 aliphatic heterocycles. The van der Waals surface area contributed by atoms with Gasteiger partial charge in [0.05, 0.1) is 0 Å². The minimum absolute atomic E-state index is 0.947. The molecule has 2 rings (SSSR count). The van der Waals surface area contributed by atoms with Crippen molar-refractivity contribution in [3.63, 3.8) is 0 Å². The zero-order valence-electron chi connectivity index (χ0n) is 10.2. The smallest absolute Gasteiger partial charge is 0.00953 e. The summed E-state index contributed by atoms with van der Waals surface area (Å²) in [5.74, 6) is 0.965. The summed E-state index contributed by atoms with van der Waals surface area (Å²) in [5, 5.41) is 3.28. The Balaban J connectivity index is 1.75. The van der Waals surface area contributed by atoms with Crippen molar-refractivity contribution in [1.29, 1.82) is 0 Å². The molecule has 1 atom stereocenters. The van der Waals surface area contributed by atoms with Crippen LogP contribution in [-0.2, 0) is 0 Å². The number of likely N-dealkylation sites (tertiary alicyclic amines) is 1. The van der Waals surface area contributed by atoms with E-state index in [0.29, 0.717) is 0 Å². The van der Waals surface area contributed by atoms with Crippen LogP contribution in [0, 0.1) is 5.92 Å². The second-order valence-corrected chi connectivity index (χ2v) is 5.33. The van der Waals surface area contributed by atoms with Crippen molar-refractivity contribution in [2.45, 2.75) is 51.0 Å². The van der Waals surface area contributed by atoms with Gasteiger partial charge in [0, 0.05) is 12.6 Å². The van der Waals surface area contributed by atoms with E-state index in [9.17, 15) is 0 Å². The van der Waals surface area contributed by atoms with Gasteiger partial charge >= 0.3 is 0 Å². The fraction of sp³-hybridized carbons (Fsp3) is 1.00. The molecule has 2 nitrogen and oxygen atoms in total. The molecule has 1 saturated carbocycles. The second kappa shape index (κ2) is 5.86. The Morgan fingerprint density at radius 2 is 1.93 bits per heavy atom. The van der Waals surface area contributed by atoms with E-state index in [2.05, 4.69) is 17.3 Å². The molecule has 1 unspecified atom stereocenters. The number of rotatable bonds is 4. The normalized spacial score (nSPS) is 29.8. The second-order valence-electron chi connectivity index (χ2n) is 5.33. The highest BCUT2D eigenvalue weighted by Gasteiger charge is 2.27. The average Bonchev–Trinajstić information content (AvgIpc) is 2.80. The van der Waals surface area contributed by atoms with Crippen molar-refractivity contribution in [3.8, 4) is 0 Å². The van der Waals surface area contributed by atoms with Gasteiger partial charge < -0.3 is 10.2 Å². The molecule has 0 radical (unpaired) electrons. The van der Waals surface area contributed by atoms with Crippen LogP contribution in [0.25, 0.3) is 0 Å². The van der Waals surface area contributed by atoms with Crippen LogP contribution in [-0.4, -0.2) is 37.6 Å². The third-order valence-corrected chi connectivity index (χ3v) is 4.19. The summed E-state index contributed by atoms with van der Waals surface area (Å²) >= 11 is 0. The zero-order valence-corrected chi connectivity index (χ0v) is 10.2. The first-order valence-corrected chi connectivity index (χ1v) is 6.79. The van der Waals surface area contributed by atoms with E-state index >= 15 is 0 Å². The third-order valence-electron chi connectivity index (χ3n) is 4.19. The molecule has 0 spiro atoms. The molecule has 2 heteroatoms. The van der Waals surface area contributed by atoms with Crippen LogP contribution in [0.1, 0.15) is 44.9 Å². The van der Waals surface area contributed by atoms with Crippen LogP contribution in [0.15, 0.2) is 0 Å².